The van der Waals surface area contributed by atoms with E-state index in [1.54, 1.807) is 24.3 Å². The normalized spacial score (nSPS) is 10.6. The van der Waals surface area contributed by atoms with Crippen LogP contribution in [0.25, 0.3) is 0 Å². The maximum absolute atomic E-state index is 12.2. The van der Waals surface area contributed by atoms with E-state index in [0.29, 0.717) is 28.0 Å². The van der Waals surface area contributed by atoms with Gasteiger partial charge in [-0.15, -0.1) is 10.2 Å². The van der Waals surface area contributed by atoms with Crippen LogP contribution in [0.15, 0.2) is 58.5 Å². The molecular formula is C19H17ClN4O2S. The van der Waals surface area contributed by atoms with Crippen LogP contribution in [0.4, 0.5) is 5.69 Å². The Balaban J connectivity index is 1.57. The first-order valence-corrected chi connectivity index (χ1v) is 9.55. The summed E-state index contributed by atoms with van der Waals surface area (Å²) in [5, 5.41) is 11.7. The molecule has 1 heterocycles. The van der Waals surface area contributed by atoms with Crippen LogP contribution in [0.2, 0.25) is 5.02 Å². The van der Waals surface area contributed by atoms with Gasteiger partial charge in [-0.05, 0) is 36.8 Å². The van der Waals surface area contributed by atoms with E-state index in [1.165, 1.54) is 0 Å². The van der Waals surface area contributed by atoms with Crippen molar-refractivity contribution in [3.05, 3.63) is 80.7 Å². The first-order valence-electron chi connectivity index (χ1n) is 8.19. The Labute approximate surface area is 165 Å². The number of aromatic amines is 1. The van der Waals surface area contributed by atoms with Crippen molar-refractivity contribution < 1.29 is 4.79 Å². The number of amides is 1. The highest BCUT2D eigenvalue weighted by Gasteiger charge is 2.09. The van der Waals surface area contributed by atoms with Crippen LogP contribution in [0, 0.1) is 6.92 Å². The molecule has 0 radical (unpaired) electrons. The third kappa shape index (κ3) is 5.67. The lowest BCUT2D eigenvalue weighted by Crippen LogP contribution is -2.19. The average Bonchev–Trinajstić information content (AvgIpc) is 2.66. The lowest BCUT2D eigenvalue weighted by molar-refractivity contribution is -0.113. The molecule has 0 spiro atoms. The maximum Gasteiger partial charge on any atom is 0.273 e. The van der Waals surface area contributed by atoms with Gasteiger partial charge in [0, 0.05) is 17.1 Å². The predicted octanol–water partition coefficient (Wildman–Crippen LogP) is 3.45. The highest BCUT2D eigenvalue weighted by Crippen LogP contribution is 2.15. The summed E-state index contributed by atoms with van der Waals surface area (Å²) in [5.74, 6) is -0.112. The molecule has 0 aliphatic carbocycles. The molecule has 6 nitrogen and oxygen atoms in total. The monoisotopic (exact) mass is 400 g/mol. The molecule has 0 saturated heterocycles. The molecule has 0 saturated carbocycles. The maximum atomic E-state index is 12.2. The fourth-order valence-corrected chi connectivity index (χ4v) is 3.02. The van der Waals surface area contributed by atoms with Crippen LogP contribution >= 0.6 is 23.4 Å². The number of benzene rings is 2. The number of thioether (sulfide) groups is 1. The van der Waals surface area contributed by atoms with Crippen molar-refractivity contribution in [2.75, 3.05) is 11.1 Å². The van der Waals surface area contributed by atoms with E-state index in [-0.39, 0.29) is 17.2 Å². The zero-order valence-corrected chi connectivity index (χ0v) is 16.1. The molecule has 0 atom stereocenters. The Morgan fingerprint density at radius 2 is 1.81 bits per heavy atom. The smallest absolute Gasteiger partial charge is 0.273 e. The topological polar surface area (TPSA) is 87.7 Å². The van der Waals surface area contributed by atoms with E-state index in [9.17, 15) is 9.59 Å². The SMILES string of the molecule is Cc1ccc(Cc2nnc(SCC(=O)Nc3ccc(Cl)cc3)[nH]c2=O)cc1. The van der Waals surface area contributed by atoms with E-state index in [1.807, 2.05) is 31.2 Å². The van der Waals surface area contributed by atoms with Crippen LogP contribution in [-0.4, -0.2) is 26.8 Å². The number of H-pyrrole nitrogens is 1. The molecule has 3 aromatic rings. The van der Waals surface area contributed by atoms with Crippen molar-refractivity contribution >= 4 is 35.0 Å². The standard InChI is InChI=1S/C19H17ClN4O2S/c1-12-2-4-13(5-3-12)10-16-18(26)22-19(24-23-16)27-11-17(25)21-15-8-6-14(20)7-9-15/h2-9H,10-11H2,1H3,(H,21,25)(H,22,24,26). The van der Waals surface area contributed by atoms with Crippen LogP contribution in [0.1, 0.15) is 16.8 Å². The van der Waals surface area contributed by atoms with Crippen LogP contribution < -0.4 is 10.9 Å². The largest absolute Gasteiger partial charge is 0.325 e. The lowest BCUT2D eigenvalue weighted by Gasteiger charge is -2.05. The number of carbonyl (C=O) groups excluding carboxylic acids is 1. The molecule has 0 aliphatic heterocycles. The van der Waals surface area contributed by atoms with Gasteiger partial charge in [-0.25, -0.2) is 0 Å². The minimum Gasteiger partial charge on any atom is -0.325 e. The van der Waals surface area contributed by atoms with Crippen molar-refractivity contribution in [2.24, 2.45) is 0 Å². The van der Waals surface area contributed by atoms with Crippen LogP contribution in [-0.2, 0) is 11.2 Å². The first-order chi connectivity index (χ1) is 13.0. The minimum absolute atomic E-state index is 0.102. The Hall–Kier alpha value is -2.64. The second-order valence-corrected chi connectivity index (χ2v) is 7.31. The molecular weight excluding hydrogens is 384 g/mol. The van der Waals surface area contributed by atoms with Gasteiger partial charge < -0.3 is 5.32 Å². The molecule has 27 heavy (non-hydrogen) atoms. The molecule has 3 rings (SSSR count). The molecule has 1 amide bonds. The molecule has 1 aromatic heterocycles. The molecule has 8 heteroatoms. The highest BCUT2D eigenvalue weighted by molar-refractivity contribution is 7.99. The number of nitrogens with zero attached hydrogens (tertiary/aromatic N) is 2. The zero-order valence-electron chi connectivity index (χ0n) is 14.5. The highest BCUT2D eigenvalue weighted by atomic mass is 35.5. The average molecular weight is 401 g/mol. The second kappa shape index (κ2) is 8.83. The molecule has 0 unspecified atom stereocenters. The summed E-state index contributed by atoms with van der Waals surface area (Å²) in [6.45, 7) is 2.01. The van der Waals surface area contributed by atoms with Gasteiger partial charge >= 0.3 is 0 Å². The van der Waals surface area contributed by atoms with Gasteiger partial charge in [-0.3, -0.25) is 14.6 Å². The summed E-state index contributed by atoms with van der Waals surface area (Å²) >= 11 is 6.92. The molecule has 2 aromatic carbocycles. The molecule has 0 bridgehead atoms. The number of rotatable bonds is 6. The van der Waals surface area contributed by atoms with Gasteiger partial charge in [0.05, 0.1) is 5.75 Å². The van der Waals surface area contributed by atoms with E-state index >= 15 is 0 Å². The fraction of sp³-hybridized carbons (Fsp3) is 0.158. The number of aryl methyl sites for hydroxylation is 1. The Bertz CT molecular complexity index is 988. The lowest BCUT2D eigenvalue weighted by atomic mass is 10.1. The summed E-state index contributed by atoms with van der Waals surface area (Å²) in [5.41, 5.74) is 2.84. The van der Waals surface area contributed by atoms with Crippen molar-refractivity contribution in [3.63, 3.8) is 0 Å². The van der Waals surface area contributed by atoms with Gasteiger partial charge in [-0.2, -0.15) is 0 Å². The number of hydrogen-bond donors (Lipinski definition) is 2. The third-order valence-corrected chi connectivity index (χ3v) is 4.82. The first kappa shape index (κ1) is 19.1. The molecule has 2 N–H and O–H groups in total. The molecule has 0 aliphatic rings. The van der Waals surface area contributed by atoms with Gasteiger partial charge in [0.25, 0.3) is 5.56 Å². The summed E-state index contributed by atoms with van der Waals surface area (Å²) in [7, 11) is 0. The number of carbonyl (C=O) groups is 1. The van der Waals surface area contributed by atoms with E-state index in [2.05, 4.69) is 20.5 Å². The number of halogens is 1. The summed E-state index contributed by atoms with van der Waals surface area (Å²) < 4.78 is 0. The van der Waals surface area contributed by atoms with Crippen molar-refractivity contribution in [3.8, 4) is 0 Å². The van der Waals surface area contributed by atoms with Gasteiger partial charge in [-0.1, -0.05) is 53.2 Å². The number of anilines is 1. The number of hydrogen-bond acceptors (Lipinski definition) is 5. The quantitative estimate of drug-likeness (QED) is 0.619. The predicted molar refractivity (Wildman–Crippen MR) is 107 cm³/mol. The fourth-order valence-electron chi connectivity index (χ4n) is 2.29. The Kier molecular flexibility index (Phi) is 6.26. The van der Waals surface area contributed by atoms with Gasteiger partial charge in [0.15, 0.2) is 5.16 Å². The zero-order chi connectivity index (χ0) is 19.2. The molecule has 0 fully saturated rings. The third-order valence-electron chi connectivity index (χ3n) is 3.70. The Morgan fingerprint density at radius 3 is 2.48 bits per heavy atom. The van der Waals surface area contributed by atoms with E-state index in [0.717, 1.165) is 22.9 Å². The van der Waals surface area contributed by atoms with Crippen molar-refractivity contribution in [2.45, 2.75) is 18.5 Å². The van der Waals surface area contributed by atoms with Crippen LogP contribution in [0.3, 0.4) is 0 Å². The summed E-state index contributed by atoms with van der Waals surface area (Å²) in [6.07, 6.45) is 0.407. The van der Waals surface area contributed by atoms with Crippen LogP contribution in [0.5, 0.6) is 0 Å². The second-order valence-electron chi connectivity index (χ2n) is 5.91. The molecule has 138 valence electrons. The van der Waals surface area contributed by atoms with Gasteiger partial charge in [0.1, 0.15) is 5.69 Å². The summed E-state index contributed by atoms with van der Waals surface area (Å²) in [6, 6.07) is 14.7. The Morgan fingerprint density at radius 1 is 1.11 bits per heavy atom. The number of aromatic nitrogens is 3. The van der Waals surface area contributed by atoms with E-state index in [4.69, 9.17) is 11.6 Å². The number of nitrogens with one attached hydrogen (secondary N) is 2. The van der Waals surface area contributed by atoms with Gasteiger partial charge in [0.2, 0.25) is 5.91 Å². The van der Waals surface area contributed by atoms with E-state index < -0.39 is 0 Å². The van der Waals surface area contributed by atoms with Crippen molar-refractivity contribution in [1.82, 2.24) is 15.2 Å². The van der Waals surface area contributed by atoms with Crippen molar-refractivity contribution in [1.29, 1.82) is 0 Å². The summed E-state index contributed by atoms with van der Waals surface area (Å²) in [4.78, 5) is 26.9. The minimum atomic E-state index is -0.300.